The summed E-state index contributed by atoms with van der Waals surface area (Å²) in [5.41, 5.74) is 1.91. The number of rotatable bonds is 6. The van der Waals surface area contributed by atoms with E-state index in [2.05, 4.69) is 5.32 Å². The molecule has 2 aromatic rings. The van der Waals surface area contributed by atoms with Crippen molar-refractivity contribution in [3.8, 4) is 5.75 Å². The molecule has 2 rings (SSSR count). The van der Waals surface area contributed by atoms with Gasteiger partial charge in [-0.2, -0.15) is 0 Å². The first-order valence-electron chi connectivity index (χ1n) is 7.38. The van der Waals surface area contributed by atoms with E-state index in [1.165, 1.54) is 11.8 Å². The van der Waals surface area contributed by atoms with Crippen LogP contribution in [0.2, 0.25) is 0 Å². The standard InChI is InChI=1S/C18H22N2O2S/c1-13(23-17-11-9-16(22-4)10-12-17)18(21)19-14-5-7-15(8-6-14)20(2)3/h5-13H,1-4H3,(H,19,21). The van der Waals surface area contributed by atoms with Gasteiger partial charge in [-0.3, -0.25) is 4.79 Å². The topological polar surface area (TPSA) is 41.6 Å². The van der Waals surface area contributed by atoms with E-state index in [-0.39, 0.29) is 11.2 Å². The van der Waals surface area contributed by atoms with Crippen LogP contribution in [0.15, 0.2) is 53.4 Å². The molecule has 0 radical (unpaired) electrons. The average molecular weight is 330 g/mol. The molecule has 0 spiro atoms. The number of methoxy groups -OCH3 is 1. The van der Waals surface area contributed by atoms with Crippen LogP contribution < -0.4 is 15.0 Å². The SMILES string of the molecule is COc1ccc(SC(C)C(=O)Nc2ccc(N(C)C)cc2)cc1. The third-order valence-corrected chi connectivity index (χ3v) is 4.50. The third-order valence-electron chi connectivity index (χ3n) is 3.39. The first-order chi connectivity index (χ1) is 11.0. The molecule has 1 N–H and O–H groups in total. The first-order valence-corrected chi connectivity index (χ1v) is 8.26. The predicted octanol–water partition coefficient (Wildman–Crippen LogP) is 3.88. The largest absolute Gasteiger partial charge is 0.497 e. The lowest BCUT2D eigenvalue weighted by Gasteiger charge is -2.15. The van der Waals surface area contributed by atoms with Gasteiger partial charge in [-0.05, 0) is 55.5 Å². The van der Waals surface area contributed by atoms with Crippen LogP contribution in [0.25, 0.3) is 0 Å². The Morgan fingerprint density at radius 1 is 1.09 bits per heavy atom. The summed E-state index contributed by atoms with van der Waals surface area (Å²) >= 11 is 1.52. The van der Waals surface area contributed by atoms with Gasteiger partial charge < -0.3 is 15.0 Å². The Kier molecular flexibility index (Phi) is 5.93. The van der Waals surface area contributed by atoms with Gasteiger partial charge in [0.1, 0.15) is 5.75 Å². The second-order valence-electron chi connectivity index (χ2n) is 5.37. The van der Waals surface area contributed by atoms with E-state index in [0.29, 0.717) is 0 Å². The summed E-state index contributed by atoms with van der Waals surface area (Å²) in [5, 5.41) is 2.76. The van der Waals surface area contributed by atoms with E-state index in [0.717, 1.165) is 22.0 Å². The van der Waals surface area contributed by atoms with Crippen molar-refractivity contribution in [3.05, 3.63) is 48.5 Å². The maximum absolute atomic E-state index is 12.3. The number of carbonyl (C=O) groups excluding carboxylic acids is 1. The molecular formula is C18H22N2O2S. The van der Waals surface area contributed by atoms with Crippen LogP contribution in [0.1, 0.15) is 6.92 Å². The highest BCUT2D eigenvalue weighted by molar-refractivity contribution is 8.00. The van der Waals surface area contributed by atoms with E-state index in [1.807, 2.05) is 74.4 Å². The van der Waals surface area contributed by atoms with Crippen LogP contribution in [0.5, 0.6) is 5.75 Å². The average Bonchev–Trinajstić information content (AvgIpc) is 2.56. The zero-order valence-corrected chi connectivity index (χ0v) is 14.7. The van der Waals surface area contributed by atoms with Gasteiger partial charge in [0.05, 0.1) is 12.4 Å². The van der Waals surface area contributed by atoms with E-state index in [1.54, 1.807) is 7.11 Å². The highest BCUT2D eigenvalue weighted by atomic mass is 32.2. The quantitative estimate of drug-likeness (QED) is 0.816. The minimum Gasteiger partial charge on any atom is -0.497 e. The smallest absolute Gasteiger partial charge is 0.237 e. The Morgan fingerprint density at radius 2 is 1.70 bits per heavy atom. The highest BCUT2D eigenvalue weighted by Crippen LogP contribution is 2.26. The van der Waals surface area contributed by atoms with Crippen molar-refractivity contribution in [2.45, 2.75) is 17.1 Å². The summed E-state index contributed by atoms with van der Waals surface area (Å²) in [7, 11) is 5.61. The van der Waals surface area contributed by atoms with Gasteiger partial charge >= 0.3 is 0 Å². The summed E-state index contributed by atoms with van der Waals surface area (Å²) in [4.78, 5) is 15.4. The predicted molar refractivity (Wildman–Crippen MR) is 97.7 cm³/mol. The number of thioether (sulfide) groups is 1. The van der Waals surface area contributed by atoms with Crippen molar-refractivity contribution < 1.29 is 9.53 Å². The Bertz CT molecular complexity index is 639. The first kappa shape index (κ1) is 17.2. The Hall–Kier alpha value is -2.14. The summed E-state index contributed by atoms with van der Waals surface area (Å²) in [6.45, 7) is 1.90. The molecule has 2 aromatic carbocycles. The Morgan fingerprint density at radius 3 is 2.22 bits per heavy atom. The lowest BCUT2D eigenvalue weighted by molar-refractivity contribution is -0.115. The van der Waals surface area contributed by atoms with Gasteiger partial charge in [-0.1, -0.05) is 0 Å². The summed E-state index contributed by atoms with van der Waals surface area (Å²) in [6.07, 6.45) is 0. The Balaban J connectivity index is 1.93. The van der Waals surface area contributed by atoms with Crippen molar-refractivity contribution in [2.24, 2.45) is 0 Å². The minimum atomic E-state index is -0.183. The molecule has 4 nitrogen and oxygen atoms in total. The number of hydrogen-bond acceptors (Lipinski definition) is 4. The van der Waals surface area contributed by atoms with Gasteiger partial charge in [-0.15, -0.1) is 11.8 Å². The van der Waals surface area contributed by atoms with Crippen LogP contribution in [-0.2, 0) is 4.79 Å². The molecule has 1 unspecified atom stereocenters. The molecule has 0 fully saturated rings. The van der Waals surface area contributed by atoms with E-state index < -0.39 is 0 Å². The van der Waals surface area contributed by atoms with Crippen LogP contribution >= 0.6 is 11.8 Å². The number of hydrogen-bond donors (Lipinski definition) is 1. The van der Waals surface area contributed by atoms with Crippen LogP contribution in [0.4, 0.5) is 11.4 Å². The number of nitrogens with zero attached hydrogens (tertiary/aromatic N) is 1. The molecule has 0 saturated heterocycles. The molecule has 23 heavy (non-hydrogen) atoms. The second-order valence-corrected chi connectivity index (χ2v) is 6.78. The number of nitrogens with one attached hydrogen (secondary N) is 1. The highest BCUT2D eigenvalue weighted by Gasteiger charge is 2.14. The van der Waals surface area contributed by atoms with Gasteiger partial charge in [0, 0.05) is 30.4 Å². The summed E-state index contributed by atoms with van der Waals surface area (Å²) in [5.74, 6) is 0.802. The van der Waals surface area contributed by atoms with Crippen molar-refractivity contribution in [1.29, 1.82) is 0 Å². The van der Waals surface area contributed by atoms with E-state index >= 15 is 0 Å². The summed E-state index contributed by atoms with van der Waals surface area (Å²) in [6, 6.07) is 15.5. The van der Waals surface area contributed by atoms with Crippen LogP contribution in [0, 0.1) is 0 Å². The van der Waals surface area contributed by atoms with Crippen LogP contribution in [-0.4, -0.2) is 32.4 Å². The number of ether oxygens (including phenoxy) is 1. The van der Waals surface area contributed by atoms with Gasteiger partial charge in [-0.25, -0.2) is 0 Å². The fourth-order valence-electron chi connectivity index (χ4n) is 2.00. The number of carbonyl (C=O) groups is 1. The second kappa shape index (κ2) is 7.92. The van der Waals surface area contributed by atoms with Crippen LogP contribution in [0.3, 0.4) is 0 Å². The van der Waals surface area contributed by atoms with Crippen molar-refractivity contribution in [1.82, 2.24) is 0 Å². The molecule has 0 aliphatic carbocycles. The number of amides is 1. The molecule has 0 aliphatic heterocycles. The van der Waals surface area contributed by atoms with Gasteiger partial charge in [0.15, 0.2) is 0 Å². The zero-order chi connectivity index (χ0) is 16.8. The number of benzene rings is 2. The monoisotopic (exact) mass is 330 g/mol. The fraction of sp³-hybridized carbons (Fsp3) is 0.278. The third kappa shape index (κ3) is 4.93. The van der Waals surface area contributed by atoms with Crippen molar-refractivity contribution >= 4 is 29.0 Å². The molecule has 1 amide bonds. The van der Waals surface area contributed by atoms with E-state index in [4.69, 9.17) is 4.74 Å². The fourth-order valence-corrected chi connectivity index (χ4v) is 2.87. The molecule has 1 atom stereocenters. The Labute approximate surface area is 141 Å². The molecule has 0 saturated carbocycles. The zero-order valence-electron chi connectivity index (χ0n) is 13.9. The van der Waals surface area contributed by atoms with Crippen molar-refractivity contribution in [2.75, 3.05) is 31.4 Å². The lowest BCUT2D eigenvalue weighted by Crippen LogP contribution is -2.22. The molecule has 0 heterocycles. The van der Waals surface area contributed by atoms with Gasteiger partial charge in [0.2, 0.25) is 5.91 Å². The maximum atomic E-state index is 12.3. The molecular weight excluding hydrogens is 308 g/mol. The minimum absolute atomic E-state index is 0.0107. The molecule has 0 aromatic heterocycles. The lowest BCUT2D eigenvalue weighted by atomic mass is 10.2. The normalized spacial score (nSPS) is 11.7. The maximum Gasteiger partial charge on any atom is 0.237 e. The molecule has 122 valence electrons. The number of anilines is 2. The molecule has 0 bridgehead atoms. The van der Waals surface area contributed by atoms with E-state index in [9.17, 15) is 4.79 Å². The molecule has 5 heteroatoms. The molecule has 0 aliphatic rings. The summed E-state index contributed by atoms with van der Waals surface area (Å²) < 4.78 is 5.14. The van der Waals surface area contributed by atoms with Crippen molar-refractivity contribution in [3.63, 3.8) is 0 Å². The van der Waals surface area contributed by atoms with Gasteiger partial charge in [0.25, 0.3) is 0 Å².